The van der Waals surface area contributed by atoms with E-state index in [4.69, 9.17) is 0 Å². The number of hydrogen-bond donors (Lipinski definition) is 0. The Kier molecular flexibility index (Phi) is 1.09. The summed E-state index contributed by atoms with van der Waals surface area (Å²) in [5.41, 5.74) is 0. The Bertz CT molecular complexity index is 278. The third-order valence-corrected chi connectivity index (χ3v) is 2.46. The number of carbonyl (C=O) groups excluding carboxylic acids is 2. The van der Waals surface area contributed by atoms with Crippen molar-refractivity contribution in [1.29, 1.82) is 0 Å². The average Bonchev–Trinajstić information content (AvgIpc) is 2.69. The molecule has 2 amide bonds. The first-order valence-electron chi connectivity index (χ1n) is 3.50. The maximum Gasteiger partial charge on any atom is 0.240 e. The topological polar surface area (TPSA) is 80.5 Å². The fourth-order valence-corrected chi connectivity index (χ4v) is 1.71. The number of rotatable bonds is 1. The van der Waals surface area contributed by atoms with Gasteiger partial charge in [-0.1, -0.05) is 0 Å². The van der Waals surface area contributed by atoms with Crippen molar-refractivity contribution < 1.29 is 14.5 Å². The molecule has 0 N–H and O–H groups in total. The number of carbonyl (C=O) groups is 2. The molecule has 6 nitrogen and oxygen atoms in total. The Balaban J connectivity index is 2.24. The van der Waals surface area contributed by atoms with Gasteiger partial charge in [-0.25, -0.2) is 0 Å². The zero-order chi connectivity index (χ0) is 9.04. The Hall–Kier alpha value is -1.46. The Morgan fingerprint density at radius 2 is 1.75 bits per heavy atom. The van der Waals surface area contributed by atoms with E-state index < -0.39 is 34.6 Å². The van der Waals surface area contributed by atoms with Gasteiger partial charge in [-0.2, -0.15) is 0 Å². The van der Waals surface area contributed by atoms with Crippen molar-refractivity contribution in [1.82, 2.24) is 4.90 Å². The molecule has 1 heterocycles. The third kappa shape index (κ3) is 0.596. The van der Waals surface area contributed by atoms with Crippen LogP contribution in [0.3, 0.4) is 0 Å². The smallest absolute Gasteiger partial charge is 0.240 e. The number of fused-ring (bicyclic) bond motifs is 1. The number of imide groups is 1. The van der Waals surface area contributed by atoms with Crippen LogP contribution in [0.5, 0.6) is 0 Å². The van der Waals surface area contributed by atoms with Crippen LogP contribution in [0.2, 0.25) is 0 Å². The number of hydrogen-bond acceptors (Lipinski definition) is 4. The monoisotopic (exact) mass is 170 g/mol. The Labute approximate surface area is 67.3 Å². The van der Waals surface area contributed by atoms with E-state index >= 15 is 0 Å². The van der Waals surface area contributed by atoms with Gasteiger partial charge in [0.1, 0.15) is 11.8 Å². The molecule has 2 aliphatic rings. The molecular formula is C6H6N2O4. The zero-order valence-electron chi connectivity index (χ0n) is 6.26. The summed E-state index contributed by atoms with van der Waals surface area (Å²) in [5.74, 6) is -2.16. The van der Waals surface area contributed by atoms with E-state index in [9.17, 15) is 19.7 Å². The quantitative estimate of drug-likeness (QED) is 0.283. The molecular weight excluding hydrogens is 164 g/mol. The number of nitrogens with zero attached hydrogens (tertiary/aromatic N) is 2. The van der Waals surface area contributed by atoms with E-state index in [1.807, 2.05) is 0 Å². The minimum absolute atomic E-state index is 0.410. The molecule has 1 saturated heterocycles. The minimum atomic E-state index is -0.943. The molecule has 12 heavy (non-hydrogen) atoms. The summed E-state index contributed by atoms with van der Waals surface area (Å²) < 4.78 is 0. The molecule has 3 atom stereocenters. The van der Waals surface area contributed by atoms with Crippen molar-refractivity contribution in [3.8, 4) is 0 Å². The van der Waals surface area contributed by atoms with Gasteiger partial charge in [0.2, 0.25) is 17.9 Å². The Morgan fingerprint density at radius 1 is 1.33 bits per heavy atom. The van der Waals surface area contributed by atoms with Crippen molar-refractivity contribution >= 4 is 11.8 Å². The van der Waals surface area contributed by atoms with E-state index in [1.54, 1.807) is 0 Å². The first-order valence-corrected chi connectivity index (χ1v) is 3.50. The maximum atomic E-state index is 11.1. The molecule has 0 aromatic heterocycles. The first-order chi connectivity index (χ1) is 5.55. The largest absolute Gasteiger partial charge is 0.285 e. The molecule has 1 unspecified atom stereocenters. The van der Waals surface area contributed by atoms with Gasteiger partial charge in [-0.05, 0) is 0 Å². The van der Waals surface area contributed by atoms with Crippen molar-refractivity contribution in [2.45, 2.75) is 6.04 Å². The second-order valence-electron chi connectivity index (χ2n) is 3.06. The van der Waals surface area contributed by atoms with Gasteiger partial charge in [0.15, 0.2) is 0 Å². The molecule has 2 rings (SSSR count). The highest BCUT2D eigenvalue weighted by atomic mass is 16.6. The van der Waals surface area contributed by atoms with Gasteiger partial charge in [-0.3, -0.25) is 24.6 Å². The second-order valence-corrected chi connectivity index (χ2v) is 3.06. The standard InChI is InChI=1S/C6H6N2O4/c1-7-5(9)2-3(6(7)10)4(2)8(11)12/h2-4H,1H3/t2-,3+,4?. The van der Waals surface area contributed by atoms with Gasteiger partial charge < -0.3 is 0 Å². The summed E-state index contributed by atoms with van der Waals surface area (Å²) in [7, 11) is 1.35. The van der Waals surface area contributed by atoms with Gasteiger partial charge in [0.05, 0.1) is 0 Å². The molecule has 0 spiro atoms. The van der Waals surface area contributed by atoms with Crippen LogP contribution >= 0.6 is 0 Å². The minimum Gasteiger partial charge on any atom is -0.285 e. The summed E-state index contributed by atoms with van der Waals surface area (Å²) in [5, 5.41) is 10.3. The van der Waals surface area contributed by atoms with Gasteiger partial charge in [-0.15, -0.1) is 0 Å². The highest BCUT2D eigenvalue weighted by Gasteiger charge is 2.74. The Morgan fingerprint density at radius 3 is 2.08 bits per heavy atom. The normalized spacial score (nSPS) is 38.4. The highest BCUT2D eigenvalue weighted by molar-refractivity contribution is 6.09. The summed E-state index contributed by atoms with van der Waals surface area (Å²) in [4.78, 5) is 32.8. The molecule has 0 aromatic carbocycles. The fraction of sp³-hybridized carbons (Fsp3) is 0.667. The molecule has 0 bridgehead atoms. The predicted octanol–water partition coefficient (Wildman–Crippen LogP) is -1.12. The lowest BCUT2D eigenvalue weighted by molar-refractivity contribution is -0.500. The lowest BCUT2D eigenvalue weighted by atomic mass is 10.4. The molecule has 2 fully saturated rings. The number of nitro groups is 1. The van der Waals surface area contributed by atoms with Crippen molar-refractivity contribution in [3.05, 3.63) is 10.1 Å². The highest BCUT2D eigenvalue weighted by Crippen LogP contribution is 2.48. The van der Waals surface area contributed by atoms with Crippen molar-refractivity contribution in [2.75, 3.05) is 7.05 Å². The fourth-order valence-electron chi connectivity index (χ4n) is 1.71. The molecule has 0 radical (unpaired) electrons. The molecule has 64 valence electrons. The third-order valence-electron chi connectivity index (χ3n) is 2.46. The second kappa shape index (κ2) is 1.82. The van der Waals surface area contributed by atoms with Crippen LogP contribution < -0.4 is 0 Å². The summed E-state index contributed by atoms with van der Waals surface area (Å²) in [6.07, 6.45) is 0. The average molecular weight is 170 g/mol. The molecule has 0 aromatic rings. The lowest BCUT2D eigenvalue weighted by Crippen LogP contribution is -2.33. The van der Waals surface area contributed by atoms with Crippen LogP contribution in [0.1, 0.15) is 0 Å². The van der Waals surface area contributed by atoms with Gasteiger partial charge >= 0.3 is 0 Å². The first kappa shape index (κ1) is 7.20. The van der Waals surface area contributed by atoms with E-state index in [1.165, 1.54) is 7.05 Å². The summed E-state index contributed by atoms with van der Waals surface area (Å²) >= 11 is 0. The SMILES string of the molecule is CN1C(=O)[C@@H]2C([N+](=O)[O-])[C@@H]2C1=O. The van der Waals surface area contributed by atoms with Crippen molar-refractivity contribution in [2.24, 2.45) is 11.8 Å². The van der Waals surface area contributed by atoms with Crippen LogP contribution in [0, 0.1) is 22.0 Å². The van der Waals surface area contributed by atoms with E-state index in [-0.39, 0.29) is 0 Å². The number of piperidine rings is 1. The van der Waals surface area contributed by atoms with Gasteiger partial charge in [0.25, 0.3) is 0 Å². The predicted molar refractivity (Wildman–Crippen MR) is 35.5 cm³/mol. The lowest BCUT2D eigenvalue weighted by Gasteiger charge is -2.08. The summed E-state index contributed by atoms with van der Waals surface area (Å²) in [6.45, 7) is 0. The van der Waals surface area contributed by atoms with Crippen LogP contribution in [-0.4, -0.2) is 34.7 Å². The van der Waals surface area contributed by atoms with E-state index in [2.05, 4.69) is 0 Å². The van der Waals surface area contributed by atoms with Crippen molar-refractivity contribution in [3.63, 3.8) is 0 Å². The van der Waals surface area contributed by atoms with Gasteiger partial charge in [0, 0.05) is 12.0 Å². The maximum absolute atomic E-state index is 11.1. The van der Waals surface area contributed by atoms with Crippen LogP contribution in [0.25, 0.3) is 0 Å². The summed E-state index contributed by atoms with van der Waals surface area (Å²) in [6, 6.07) is -0.943. The van der Waals surface area contributed by atoms with E-state index in [0.717, 1.165) is 4.90 Å². The molecule has 6 heteroatoms. The zero-order valence-corrected chi connectivity index (χ0v) is 6.26. The molecule has 1 aliphatic heterocycles. The molecule has 1 aliphatic carbocycles. The van der Waals surface area contributed by atoms with E-state index in [0.29, 0.717) is 0 Å². The molecule has 1 saturated carbocycles. The van der Waals surface area contributed by atoms with Crippen LogP contribution in [0.4, 0.5) is 0 Å². The van der Waals surface area contributed by atoms with Crippen LogP contribution in [-0.2, 0) is 9.59 Å². The number of likely N-dealkylation sites (tertiary alicyclic amines) is 1. The number of amides is 2. The van der Waals surface area contributed by atoms with Crippen LogP contribution in [0.15, 0.2) is 0 Å².